The van der Waals surface area contributed by atoms with Crippen molar-refractivity contribution >= 4 is 23.9 Å². The van der Waals surface area contributed by atoms with E-state index in [0.29, 0.717) is 12.2 Å². The number of carbonyl (C=O) groups is 4. The Hall–Kier alpha value is -2.64. The van der Waals surface area contributed by atoms with E-state index in [4.69, 9.17) is 20.4 Å². The van der Waals surface area contributed by atoms with Gasteiger partial charge in [-0.1, -0.05) is 12.2 Å². The Morgan fingerprint density at radius 2 is 1.00 bits per heavy atom. The Morgan fingerprint density at radius 1 is 0.750 bits per heavy atom. The van der Waals surface area contributed by atoms with Crippen LogP contribution in [0.2, 0.25) is 0 Å². The third kappa shape index (κ3) is 2.04. The van der Waals surface area contributed by atoms with Gasteiger partial charge in [-0.3, -0.25) is 9.59 Å². The first kappa shape index (κ1) is 15.4. The molecular weight excluding hydrogens is 272 g/mol. The van der Waals surface area contributed by atoms with Crippen molar-refractivity contribution < 1.29 is 39.6 Å². The van der Waals surface area contributed by atoms with Gasteiger partial charge in [0.25, 0.3) is 0 Å². The van der Waals surface area contributed by atoms with Crippen LogP contribution < -0.4 is 0 Å². The molecule has 0 aromatic carbocycles. The minimum absolute atomic E-state index is 0.662. The minimum Gasteiger partial charge on any atom is -0.480 e. The average molecular weight is 284 g/mol. The third-order valence-corrected chi connectivity index (χ3v) is 3.33. The number of rotatable bonds is 4. The molecule has 0 aromatic heterocycles. The molecule has 108 valence electrons. The van der Waals surface area contributed by atoms with E-state index in [9.17, 15) is 19.2 Å². The summed E-state index contributed by atoms with van der Waals surface area (Å²) < 4.78 is 0. The van der Waals surface area contributed by atoms with Crippen LogP contribution in [0.1, 0.15) is 13.8 Å². The Kier molecular flexibility index (Phi) is 3.45. The van der Waals surface area contributed by atoms with E-state index in [2.05, 4.69) is 0 Å². The molecule has 0 amide bonds. The predicted octanol–water partition coefficient (Wildman–Crippen LogP) is 0.204. The molecule has 0 saturated heterocycles. The highest BCUT2D eigenvalue weighted by atomic mass is 16.4. The summed E-state index contributed by atoms with van der Waals surface area (Å²) in [4.78, 5) is 44.8. The van der Waals surface area contributed by atoms with Crippen LogP contribution in [0.3, 0.4) is 0 Å². The third-order valence-electron chi connectivity index (χ3n) is 3.33. The Morgan fingerprint density at radius 3 is 1.15 bits per heavy atom. The van der Waals surface area contributed by atoms with Crippen molar-refractivity contribution in [3.63, 3.8) is 0 Å². The fourth-order valence-electron chi connectivity index (χ4n) is 1.95. The van der Waals surface area contributed by atoms with E-state index >= 15 is 0 Å². The highest BCUT2D eigenvalue weighted by Crippen LogP contribution is 2.44. The Balaban J connectivity index is 3.71. The lowest BCUT2D eigenvalue weighted by atomic mass is 9.67. The summed E-state index contributed by atoms with van der Waals surface area (Å²) in [5, 5.41) is 36.4. The van der Waals surface area contributed by atoms with Crippen LogP contribution in [0.25, 0.3) is 0 Å². The van der Waals surface area contributed by atoms with Crippen molar-refractivity contribution in [1.29, 1.82) is 0 Å². The van der Waals surface area contributed by atoms with Gasteiger partial charge in [-0.2, -0.15) is 0 Å². The SMILES string of the molecule is CC1(C(=O)O)C=C(C(=O)O)C(C)(C(=O)O)C=C1C(=O)O. The number of hydrogen-bond acceptors (Lipinski definition) is 4. The standard InChI is InChI=1S/C12H12O8/c1-11(9(17)18)3-6(8(15)16)12(2,10(19)20)4-5(11)7(13)14/h3-4H,1-2H3,(H,13,14)(H,15,16)(H,17,18)(H,19,20). The molecule has 0 spiro atoms. The zero-order valence-corrected chi connectivity index (χ0v) is 10.6. The van der Waals surface area contributed by atoms with Crippen LogP contribution in [0, 0.1) is 10.8 Å². The van der Waals surface area contributed by atoms with Gasteiger partial charge in [0.2, 0.25) is 0 Å². The van der Waals surface area contributed by atoms with Gasteiger partial charge < -0.3 is 20.4 Å². The summed E-state index contributed by atoms with van der Waals surface area (Å²) in [6.45, 7) is 2.00. The molecule has 0 heterocycles. The predicted molar refractivity (Wildman–Crippen MR) is 62.9 cm³/mol. The lowest BCUT2D eigenvalue weighted by Gasteiger charge is -2.33. The summed E-state index contributed by atoms with van der Waals surface area (Å²) in [6, 6.07) is 0. The number of carboxylic acids is 4. The Labute approximate surface area is 112 Å². The number of hydrogen-bond donors (Lipinski definition) is 4. The minimum atomic E-state index is -2.12. The highest BCUT2D eigenvalue weighted by Gasteiger charge is 2.51. The Bertz CT molecular complexity index is 532. The van der Waals surface area contributed by atoms with Crippen molar-refractivity contribution in [2.75, 3.05) is 0 Å². The van der Waals surface area contributed by atoms with Crippen molar-refractivity contribution in [2.24, 2.45) is 10.8 Å². The van der Waals surface area contributed by atoms with Crippen molar-refractivity contribution in [2.45, 2.75) is 13.8 Å². The van der Waals surface area contributed by atoms with Crippen LogP contribution in [-0.2, 0) is 19.2 Å². The first-order valence-electron chi connectivity index (χ1n) is 5.37. The fraction of sp³-hybridized carbons (Fsp3) is 0.333. The second kappa shape index (κ2) is 4.48. The molecule has 8 nitrogen and oxygen atoms in total. The molecule has 1 aliphatic rings. The first-order valence-corrected chi connectivity index (χ1v) is 5.37. The van der Waals surface area contributed by atoms with E-state index in [-0.39, 0.29) is 0 Å². The zero-order chi connectivity index (χ0) is 15.9. The van der Waals surface area contributed by atoms with Crippen LogP contribution in [0.5, 0.6) is 0 Å². The largest absolute Gasteiger partial charge is 0.480 e. The van der Waals surface area contributed by atoms with Crippen molar-refractivity contribution in [3.8, 4) is 0 Å². The molecule has 0 saturated carbocycles. The summed E-state index contributed by atoms with van der Waals surface area (Å²) in [6.07, 6.45) is 1.32. The first-order chi connectivity index (χ1) is 8.96. The normalized spacial score (nSPS) is 29.1. The number of carboxylic acid groups (broad SMARTS) is 4. The second-order valence-electron chi connectivity index (χ2n) is 4.74. The smallest absolute Gasteiger partial charge is 0.332 e. The van der Waals surface area contributed by atoms with Gasteiger partial charge >= 0.3 is 23.9 Å². The maximum Gasteiger partial charge on any atom is 0.332 e. The van der Waals surface area contributed by atoms with E-state index in [1.165, 1.54) is 0 Å². The molecule has 0 aromatic rings. The van der Waals surface area contributed by atoms with Gasteiger partial charge in [0.15, 0.2) is 0 Å². The fourth-order valence-corrected chi connectivity index (χ4v) is 1.95. The summed E-state index contributed by atoms with van der Waals surface area (Å²) in [5.41, 5.74) is -5.62. The quantitative estimate of drug-likeness (QED) is 0.572. The summed E-state index contributed by atoms with van der Waals surface area (Å²) in [7, 11) is 0. The van der Waals surface area contributed by atoms with E-state index in [0.717, 1.165) is 13.8 Å². The molecule has 0 aliphatic heterocycles. The summed E-state index contributed by atoms with van der Waals surface area (Å²) in [5.74, 6) is -6.42. The van der Waals surface area contributed by atoms with Crippen molar-refractivity contribution in [1.82, 2.24) is 0 Å². The molecule has 4 N–H and O–H groups in total. The maximum absolute atomic E-state index is 11.3. The van der Waals surface area contributed by atoms with Gasteiger partial charge in [-0.05, 0) is 13.8 Å². The summed E-state index contributed by atoms with van der Waals surface area (Å²) >= 11 is 0. The van der Waals surface area contributed by atoms with Crippen LogP contribution in [0.15, 0.2) is 23.3 Å². The monoisotopic (exact) mass is 284 g/mol. The van der Waals surface area contributed by atoms with Crippen LogP contribution in [0.4, 0.5) is 0 Å². The van der Waals surface area contributed by atoms with Crippen molar-refractivity contribution in [3.05, 3.63) is 23.3 Å². The van der Waals surface area contributed by atoms with Gasteiger partial charge in [-0.25, -0.2) is 9.59 Å². The van der Waals surface area contributed by atoms with Gasteiger partial charge in [0, 0.05) is 0 Å². The molecule has 0 radical (unpaired) electrons. The van der Waals surface area contributed by atoms with Gasteiger partial charge in [-0.15, -0.1) is 0 Å². The molecule has 0 fully saturated rings. The molecule has 20 heavy (non-hydrogen) atoms. The maximum atomic E-state index is 11.3. The highest BCUT2D eigenvalue weighted by molar-refractivity contribution is 6.05. The van der Waals surface area contributed by atoms with E-state index in [1.807, 2.05) is 0 Å². The second-order valence-corrected chi connectivity index (χ2v) is 4.74. The van der Waals surface area contributed by atoms with E-state index in [1.54, 1.807) is 0 Å². The average Bonchev–Trinajstić information content (AvgIpc) is 2.30. The molecular formula is C12H12O8. The van der Waals surface area contributed by atoms with Gasteiger partial charge in [0.05, 0.1) is 11.1 Å². The molecule has 2 atom stereocenters. The van der Waals surface area contributed by atoms with E-state index < -0.39 is 45.9 Å². The lowest BCUT2D eigenvalue weighted by Crippen LogP contribution is -2.42. The lowest BCUT2D eigenvalue weighted by molar-refractivity contribution is -0.149. The topological polar surface area (TPSA) is 149 Å². The molecule has 8 heteroatoms. The molecule has 1 aliphatic carbocycles. The molecule has 2 unspecified atom stereocenters. The molecule has 0 bridgehead atoms. The van der Waals surface area contributed by atoms with Gasteiger partial charge in [0.1, 0.15) is 10.8 Å². The molecule has 1 rings (SSSR count). The van der Waals surface area contributed by atoms with Crippen LogP contribution >= 0.6 is 0 Å². The zero-order valence-electron chi connectivity index (χ0n) is 10.6. The number of aliphatic carboxylic acids is 4. The van der Waals surface area contributed by atoms with Crippen LogP contribution in [-0.4, -0.2) is 44.3 Å².